The molecule has 1 nitrogen and oxygen atoms in total. The molecule has 0 unspecified atom stereocenters. The van der Waals surface area contributed by atoms with Gasteiger partial charge in [-0.05, 0) is 37.1 Å². The smallest absolute Gasteiger partial charge is 0.0711 e. The normalized spacial score (nSPS) is 10.5. The zero-order valence-electron chi connectivity index (χ0n) is 11.8. The number of nitrogens with zero attached hydrogens (tertiary/aromatic N) is 1. The van der Waals surface area contributed by atoms with E-state index in [1.165, 1.54) is 16.7 Å². The van der Waals surface area contributed by atoms with Crippen LogP contribution in [0.25, 0.3) is 22.4 Å². The predicted molar refractivity (Wildman–Crippen MR) is 84.6 cm³/mol. The molecule has 3 rings (SSSR count). The second-order valence-corrected chi connectivity index (χ2v) is 5.11. The van der Waals surface area contributed by atoms with Gasteiger partial charge in [-0.3, -0.25) is 4.98 Å². The molecule has 0 atom stereocenters. The summed E-state index contributed by atoms with van der Waals surface area (Å²) in [5.74, 6) is 0. The maximum absolute atomic E-state index is 4.66. The van der Waals surface area contributed by atoms with Gasteiger partial charge in [0.25, 0.3) is 0 Å². The summed E-state index contributed by atoms with van der Waals surface area (Å²) in [7, 11) is 0. The molecule has 0 aliphatic heterocycles. The summed E-state index contributed by atoms with van der Waals surface area (Å²) in [4.78, 5) is 4.66. The van der Waals surface area contributed by atoms with E-state index in [1.54, 1.807) is 0 Å². The van der Waals surface area contributed by atoms with Gasteiger partial charge in [-0.1, -0.05) is 60.2 Å². The van der Waals surface area contributed by atoms with Crippen molar-refractivity contribution in [3.05, 3.63) is 78.0 Å². The van der Waals surface area contributed by atoms with Gasteiger partial charge in [0.15, 0.2) is 0 Å². The summed E-state index contributed by atoms with van der Waals surface area (Å²) in [6, 6.07) is 23.2. The van der Waals surface area contributed by atoms with Gasteiger partial charge in [-0.25, -0.2) is 0 Å². The third-order valence-electron chi connectivity index (χ3n) is 3.41. The Bertz CT molecular complexity index is 713. The molecule has 2 aromatic carbocycles. The average Bonchev–Trinajstić information content (AvgIpc) is 2.48. The standard InChI is InChI=1S/C19H17N/c1-14-8-10-17(11-9-14)19-13-18(12-15(2)20-19)16-6-4-3-5-7-16/h3-13H,1-2H3. The van der Waals surface area contributed by atoms with E-state index >= 15 is 0 Å². The summed E-state index contributed by atoms with van der Waals surface area (Å²) < 4.78 is 0. The second kappa shape index (κ2) is 5.30. The van der Waals surface area contributed by atoms with Gasteiger partial charge in [0.1, 0.15) is 0 Å². The van der Waals surface area contributed by atoms with E-state index in [-0.39, 0.29) is 0 Å². The Morgan fingerprint density at radius 2 is 1.35 bits per heavy atom. The summed E-state index contributed by atoms with van der Waals surface area (Å²) >= 11 is 0. The van der Waals surface area contributed by atoms with Gasteiger partial charge in [-0.2, -0.15) is 0 Å². The van der Waals surface area contributed by atoms with Crippen LogP contribution in [0.15, 0.2) is 66.7 Å². The van der Waals surface area contributed by atoms with E-state index in [9.17, 15) is 0 Å². The monoisotopic (exact) mass is 259 g/mol. The molecular weight excluding hydrogens is 242 g/mol. The number of aromatic nitrogens is 1. The lowest BCUT2D eigenvalue weighted by Gasteiger charge is -2.08. The zero-order valence-corrected chi connectivity index (χ0v) is 11.8. The lowest BCUT2D eigenvalue weighted by Crippen LogP contribution is -1.89. The van der Waals surface area contributed by atoms with Gasteiger partial charge in [0, 0.05) is 11.3 Å². The summed E-state index contributed by atoms with van der Waals surface area (Å²) in [6.07, 6.45) is 0. The van der Waals surface area contributed by atoms with Gasteiger partial charge < -0.3 is 0 Å². The molecular formula is C19H17N. The highest BCUT2D eigenvalue weighted by molar-refractivity contribution is 5.71. The molecule has 0 amide bonds. The highest BCUT2D eigenvalue weighted by Crippen LogP contribution is 2.25. The first-order valence-corrected chi connectivity index (χ1v) is 6.83. The molecule has 1 aromatic heterocycles. The molecule has 0 radical (unpaired) electrons. The minimum Gasteiger partial charge on any atom is -0.253 e. The van der Waals surface area contributed by atoms with Crippen molar-refractivity contribution in [2.45, 2.75) is 13.8 Å². The Morgan fingerprint density at radius 1 is 0.650 bits per heavy atom. The zero-order chi connectivity index (χ0) is 13.9. The van der Waals surface area contributed by atoms with E-state index in [2.05, 4.69) is 72.6 Å². The van der Waals surface area contributed by atoms with Crippen molar-refractivity contribution in [1.29, 1.82) is 0 Å². The topological polar surface area (TPSA) is 12.9 Å². The van der Waals surface area contributed by atoms with Gasteiger partial charge in [0.05, 0.1) is 5.69 Å². The summed E-state index contributed by atoms with van der Waals surface area (Å²) in [6.45, 7) is 4.15. The van der Waals surface area contributed by atoms with Crippen LogP contribution in [0.4, 0.5) is 0 Å². The first-order chi connectivity index (χ1) is 9.72. The minimum atomic E-state index is 1.03. The van der Waals surface area contributed by atoms with Crippen molar-refractivity contribution < 1.29 is 0 Å². The van der Waals surface area contributed by atoms with Crippen molar-refractivity contribution >= 4 is 0 Å². The van der Waals surface area contributed by atoms with E-state index in [1.807, 2.05) is 13.0 Å². The van der Waals surface area contributed by atoms with Crippen LogP contribution >= 0.6 is 0 Å². The molecule has 0 aliphatic rings. The van der Waals surface area contributed by atoms with Crippen LogP contribution in [-0.4, -0.2) is 4.98 Å². The fourth-order valence-electron chi connectivity index (χ4n) is 2.34. The maximum atomic E-state index is 4.66. The largest absolute Gasteiger partial charge is 0.253 e. The first kappa shape index (κ1) is 12.6. The van der Waals surface area contributed by atoms with Crippen molar-refractivity contribution in [1.82, 2.24) is 4.98 Å². The molecule has 1 heteroatoms. The SMILES string of the molecule is Cc1ccc(-c2cc(-c3ccccc3)cc(C)n2)cc1. The van der Waals surface area contributed by atoms with Crippen LogP contribution in [0.1, 0.15) is 11.3 Å². The number of hydrogen-bond donors (Lipinski definition) is 0. The van der Waals surface area contributed by atoms with Gasteiger partial charge in [-0.15, -0.1) is 0 Å². The summed E-state index contributed by atoms with van der Waals surface area (Å²) in [5, 5.41) is 0. The predicted octanol–water partition coefficient (Wildman–Crippen LogP) is 5.03. The maximum Gasteiger partial charge on any atom is 0.0711 e. The van der Waals surface area contributed by atoms with Crippen molar-refractivity contribution in [2.24, 2.45) is 0 Å². The Hall–Kier alpha value is -2.41. The fourth-order valence-corrected chi connectivity index (χ4v) is 2.34. The average molecular weight is 259 g/mol. The van der Waals surface area contributed by atoms with Crippen LogP contribution in [0.5, 0.6) is 0 Å². The Balaban J connectivity index is 2.09. The minimum absolute atomic E-state index is 1.03. The Morgan fingerprint density at radius 3 is 2.05 bits per heavy atom. The van der Waals surface area contributed by atoms with Crippen molar-refractivity contribution in [2.75, 3.05) is 0 Å². The van der Waals surface area contributed by atoms with Gasteiger partial charge in [0.2, 0.25) is 0 Å². The quantitative estimate of drug-likeness (QED) is 0.628. The third-order valence-corrected chi connectivity index (χ3v) is 3.41. The van der Waals surface area contributed by atoms with Crippen LogP contribution < -0.4 is 0 Å². The highest BCUT2D eigenvalue weighted by atomic mass is 14.7. The van der Waals surface area contributed by atoms with Crippen LogP contribution in [0.3, 0.4) is 0 Å². The number of aryl methyl sites for hydroxylation is 2. The van der Waals surface area contributed by atoms with Crippen LogP contribution in [-0.2, 0) is 0 Å². The molecule has 0 spiro atoms. The molecule has 3 aromatic rings. The molecule has 0 aliphatic carbocycles. The Labute approximate surface area is 119 Å². The second-order valence-electron chi connectivity index (χ2n) is 5.11. The number of benzene rings is 2. The van der Waals surface area contributed by atoms with E-state index in [0.29, 0.717) is 0 Å². The lowest BCUT2D eigenvalue weighted by atomic mass is 10.0. The molecule has 0 fully saturated rings. The van der Waals surface area contributed by atoms with Crippen LogP contribution in [0, 0.1) is 13.8 Å². The van der Waals surface area contributed by atoms with Gasteiger partial charge >= 0.3 is 0 Å². The van der Waals surface area contributed by atoms with E-state index in [4.69, 9.17) is 0 Å². The molecule has 0 N–H and O–H groups in total. The molecule has 1 heterocycles. The van der Waals surface area contributed by atoms with Crippen LogP contribution in [0.2, 0.25) is 0 Å². The lowest BCUT2D eigenvalue weighted by molar-refractivity contribution is 1.20. The number of hydrogen-bond acceptors (Lipinski definition) is 1. The molecule has 20 heavy (non-hydrogen) atoms. The van der Waals surface area contributed by atoms with Crippen molar-refractivity contribution in [3.8, 4) is 22.4 Å². The van der Waals surface area contributed by atoms with E-state index < -0.39 is 0 Å². The fraction of sp³-hybridized carbons (Fsp3) is 0.105. The highest BCUT2D eigenvalue weighted by Gasteiger charge is 2.04. The summed E-state index contributed by atoms with van der Waals surface area (Å²) in [5.41, 5.74) is 6.95. The number of rotatable bonds is 2. The molecule has 0 bridgehead atoms. The third kappa shape index (κ3) is 2.62. The van der Waals surface area contributed by atoms with E-state index in [0.717, 1.165) is 17.0 Å². The molecule has 98 valence electrons. The van der Waals surface area contributed by atoms with Crippen molar-refractivity contribution in [3.63, 3.8) is 0 Å². The molecule has 0 saturated heterocycles. The molecule has 0 saturated carbocycles. The first-order valence-electron chi connectivity index (χ1n) is 6.83. The number of pyridine rings is 1. The Kier molecular flexibility index (Phi) is 3.34.